The molecule has 12 heavy (non-hydrogen) atoms. The summed E-state index contributed by atoms with van der Waals surface area (Å²) >= 11 is 0. The molecule has 0 aliphatic carbocycles. The lowest BCUT2D eigenvalue weighted by Crippen LogP contribution is -2.43. The van der Waals surface area contributed by atoms with Crippen molar-refractivity contribution >= 4 is 5.91 Å². The van der Waals surface area contributed by atoms with Crippen molar-refractivity contribution in [3.05, 3.63) is 0 Å². The van der Waals surface area contributed by atoms with Crippen LogP contribution in [0.3, 0.4) is 0 Å². The third kappa shape index (κ3) is 2.79. The third-order valence-electron chi connectivity index (χ3n) is 2.10. The van der Waals surface area contributed by atoms with Gasteiger partial charge in [-0.1, -0.05) is 6.92 Å². The summed E-state index contributed by atoms with van der Waals surface area (Å²) in [7, 11) is 0. The molecule has 0 spiro atoms. The summed E-state index contributed by atoms with van der Waals surface area (Å²) < 4.78 is 5.38. The van der Waals surface area contributed by atoms with Crippen molar-refractivity contribution < 1.29 is 9.53 Å². The van der Waals surface area contributed by atoms with E-state index in [1.165, 1.54) is 0 Å². The average Bonchev–Trinajstić information content (AvgIpc) is 2.03. The molecule has 2 N–H and O–H groups in total. The zero-order valence-corrected chi connectivity index (χ0v) is 7.45. The first kappa shape index (κ1) is 9.48. The van der Waals surface area contributed by atoms with Gasteiger partial charge >= 0.3 is 0 Å². The van der Waals surface area contributed by atoms with Crippen molar-refractivity contribution in [2.75, 3.05) is 26.2 Å². The average molecular weight is 172 g/mol. The Kier molecular flexibility index (Phi) is 3.49. The highest BCUT2D eigenvalue weighted by molar-refractivity contribution is 5.74. The second kappa shape index (κ2) is 4.42. The molecule has 4 heteroatoms. The fraction of sp³-hybridized carbons (Fsp3) is 0.875. The number of nitrogens with zero attached hydrogens (tertiary/aromatic N) is 1. The van der Waals surface area contributed by atoms with Gasteiger partial charge in [0.15, 0.2) is 0 Å². The predicted octanol–water partition coefficient (Wildman–Crippen LogP) is -0.417. The molecule has 0 radical (unpaired) electrons. The minimum Gasteiger partial charge on any atom is -0.375 e. The van der Waals surface area contributed by atoms with Crippen LogP contribution in [0.2, 0.25) is 0 Å². The monoisotopic (exact) mass is 172 g/mol. The number of hydrogen-bond acceptors (Lipinski definition) is 3. The molecule has 70 valence electrons. The van der Waals surface area contributed by atoms with Crippen LogP contribution in [-0.2, 0) is 9.53 Å². The quantitative estimate of drug-likeness (QED) is 0.629. The van der Waals surface area contributed by atoms with Gasteiger partial charge in [0.05, 0.1) is 19.1 Å². The first-order valence-corrected chi connectivity index (χ1v) is 4.34. The van der Waals surface area contributed by atoms with Crippen molar-refractivity contribution in [1.29, 1.82) is 0 Å². The van der Waals surface area contributed by atoms with Crippen LogP contribution in [0.25, 0.3) is 0 Å². The molecular formula is C8H16N2O2. The number of hydrogen-bond donors (Lipinski definition) is 1. The van der Waals surface area contributed by atoms with Crippen LogP contribution in [0.5, 0.6) is 0 Å². The molecule has 0 saturated carbocycles. The Morgan fingerprint density at radius 2 is 2.50 bits per heavy atom. The first-order valence-electron chi connectivity index (χ1n) is 4.34. The molecule has 1 saturated heterocycles. The van der Waals surface area contributed by atoms with Crippen LogP contribution >= 0.6 is 0 Å². The molecule has 0 aromatic carbocycles. The van der Waals surface area contributed by atoms with E-state index in [0.29, 0.717) is 13.0 Å². The lowest BCUT2D eigenvalue weighted by molar-refractivity contribution is -0.122. The normalized spacial score (nSPS) is 25.6. The van der Waals surface area contributed by atoms with Crippen molar-refractivity contribution in [2.45, 2.75) is 19.4 Å². The summed E-state index contributed by atoms with van der Waals surface area (Å²) in [5.74, 6) is -0.280. The van der Waals surface area contributed by atoms with E-state index in [1.807, 2.05) is 0 Å². The van der Waals surface area contributed by atoms with E-state index >= 15 is 0 Å². The van der Waals surface area contributed by atoms with E-state index < -0.39 is 0 Å². The molecule has 0 bridgehead atoms. The highest BCUT2D eigenvalue weighted by atomic mass is 16.5. The summed E-state index contributed by atoms with van der Waals surface area (Å²) in [5.41, 5.74) is 5.07. The minimum absolute atomic E-state index is 0.0104. The van der Waals surface area contributed by atoms with Gasteiger partial charge in [0.2, 0.25) is 5.91 Å². The third-order valence-corrected chi connectivity index (χ3v) is 2.10. The molecule has 1 aliphatic rings. The van der Waals surface area contributed by atoms with Crippen LogP contribution in [0.4, 0.5) is 0 Å². The zero-order chi connectivity index (χ0) is 8.97. The number of nitrogens with two attached hydrogens (primary N) is 1. The lowest BCUT2D eigenvalue weighted by Gasteiger charge is -2.31. The van der Waals surface area contributed by atoms with E-state index in [9.17, 15) is 4.79 Å². The van der Waals surface area contributed by atoms with Gasteiger partial charge in [-0.3, -0.25) is 9.69 Å². The van der Waals surface area contributed by atoms with Gasteiger partial charge in [-0.25, -0.2) is 0 Å². The number of rotatable bonds is 3. The second-order valence-electron chi connectivity index (χ2n) is 3.06. The molecule has 1 atom stereocenters. The van der Waals surface area contributed by atoms with E-state index in [2.05, 4.69) is 11.8 Å². The minimum atomic E-state index is -0.280. The van der Waals surface area contributed by atoms with Crippen molar-refractivity contribution in [1.82, 2.24) is 4.90 Å². The Hall–Kier alpha value is -0.610. The van der Waals surface area contributed by atoms with Crippen molar-refractivity contribution in [2.24, 2.45) is 5.73 Å². The number of carbonyl (C=O) groups is 1. The summed E-state index contributed by atoms with van der Waals surface area (Å²) in [4.78, 5) is 12.8. The largest absolute Gasteiger partial charge is 0.375 e. The molecule has 1 unspecified atom stereocenters. The van der Waals surface area contributed by atoms with Crippen LogP contribution in [0, 0.1) is 0 Å². The predicted molar refractivity (Wildman–Crippen MR) is 45.7 cm³/mol. The SMILES string of the molecule is CCN1CCOC(CC(N)=O)C1. The molecule has 1 heterocycles. The first-order chi connectivity index (χ1) is 5.72. The Morgan fingerprint density at radius 3 is 3.08 bits per heavy atom. The fourth-order valence-corrected chi connectivity index (χ4v) is 1.42. The molecule has 1 rings (SSSR count). The molecule has 0 aromatic heterocycles. The Balaban J connectivity index is 2.30. The Bertz CT molecular complexity index is 161. The maximum Gasteiger partial charge on any atom is 0.220 e. The fourth-order valence-electron chi connectivity index (χ4n) is 1.42. The summed E-state index contributed by atoms with van der Waals surface area (Å²) in [5, 5.41) is 0. The van der Waals surface area contributed by atoms with Crippen LogP contribution < -0.4 is 5.73 Å². The molecule has 1 amide bonds. The van der Waals surface area contributed by atoms with Gasteiger partial charge in [0.25, 0.3) is 0 Å². The number of ether oxygens (including phenoxy) is 1. The number of carbonyl (C=O) groups excluding carboxylic acids is 1. The molecule has 4 nitrogen and oxygen atoms in total. The van der Waals surface area contributed by atoms with Gasteiger partial charge in [0.1, 0.15) is 0 Å². The number of primary amides is 1. The van der Waals surface area contributed by atoms with Crippen LogP contribution in [0.15, 0.2) is 0 Å². The van der Waals surface area contributed by atoms with Gasteiger partial charge in [0, 0.05) is 13.1 Å². The van der Waals surface area contributed by atoms with Crippen LogP contribution in [-0.4, -0.2) is 43.2 Å². The summed E-state index contributed by atoms with van der Waals surface area (Å²) in [6.07, 6.45) is 0.354. The van der Waals surface area contributed by atoms with E-state index in [-0.39, 0.29) is 12.0 Å². The van der Waals surface area contributed by atoms with Gasteiger partial charge in [-0.2, -0.15) is 0 Å². The topological polar surface area (TPSA) is 55.6 Å². The molecular weight excluding hydrogens is 156 g/mol. The zero-order valence-electron chi connectivity index (χ0n) is 7.45. The Labute approximate surface area is 72.7 Å². The molecule has 1 fully saturated rings. The Morgan fingerprint density at radius 1 is 1.75 bits per heavy atom. The van der Waals surface area contributed by atoms with Crippen molar-refractivity contribution in [3.63, 3.8) is 0 Å². The number of amides is 1. The number of likely N-dealkylation sites (N-methyl/N-ethyl adjacent to an activating group) is 1. The molecule has 0 aromatic rings. The molecule has 1 aliphatic heterocycles. The summed E-state index contributed by atoms with van der Waals surface area (Å²) in [6.45, 7) is 5.63. The summed E-state index contributed by atoms with van der Waals surface area (Å²) in [6, 6.07) is 0. The lowest BCUT2D eigenvalue weighted by atomic mass is 10.2. The standard InChI is InChI=1S/C8H16N2O2/c1-2-10-3-4-12-7(6-10)5-8(9)11/h7H,2-6H2,1H3,(H2,9,11). The van der Waals surface area contributed by atoms with Crippen LogP contribution in [0.1, 0.15) is 13.3 Å². The van der Waals surface area contributed by atoms with E-state index in [0.717, 1.165) is 19.6 Å². The highest BCUT2D eigenvalue weighted by Crippen LogP contribution is 2.07. The second-order valence-corrected chi connectivity index (χ2v) is 3.06. The van der Waals surface area contributed by atoms with Gasteiger partial charge < -0.3 is 10.5 Å². The van der Waals surface area contributed by atoms with E-state index in [1.54, 1.807) is 0 Å². The number of morpholine rings is 1. The van der Waals surface area contributed by atoms with E-state index in [4.69, 9.17) is 10.5 Å². The maximum atomic E-state index is 10.6. The smallest absolute Gasteiger partial charge is 0.220 e. The van der Waals surface area contributed by atoms with Crippen molar-refractivity contribution in [3.8, 4) is 0 Å². The van der Waals surface area contributed by atoms with Gasteiger partial charge in [-0.05, 0) is 6.54 Å². The van der Waals surface area contributed by atoms with Gasteiger partial charge in [-0.15, -0.1) is 0 Å². The highest BCUT2D eigenvalue weighted by Gasteiger charge is 2.20. The maximum absolute atomic E-state index is 10.6.